The van der Waals surface area contributed by atoms with Crippen molar-refractivity contribution in [1.82, 2.24) is 19.8 Å². The molecular weight excluding hydrogens is 520 g/mol. The van der Waals surface area contributed by atoms with E-state index in [2.05, 4.69) is 15.2 Å². The maximum absolute atomic E-state index is 12.8. The number of methoxy groups -OCH3 is 2. The zero-order valence-corrected chi connectivity index (χ0v) is 22.5. The number of aryl methyl sites for hydroxylation is 2. The van der Waals surface area contributed by atoms with Gasteiger partial charge in [0, 0.05) is 18.6 Å². The molecule has 0 amide bonds. The second-order valence-electron chi connectivity index (χ2n) is 8.98. The minimum atomic E-state index is -0.0301. The Morgan fingerprint density at radius 2 is 1.92 bits per heavy atom. The molecule has 0 N–H and O–H groups in total. The van der Waals surface area contributed by atoms with E-state index < -0.39 is 0 Å². The van der Waals surface area contributed by atoms with Gasteiger partial charge in [-0.3, -0.25) is 4.79 Å². The van der Waals surface area contributed by atoms with Crippen molar-refractivity contribution in [1.29, 1.82) is 0 Å². The smallest absolute Gasteiger partial charge is 0.294 e. The summed E-state index contributed by atoms with van der Waals surface area (Å²) in [6, 6.07) is 13.3. The summed E-state index contributed by atoms with van der Waals surface area (Å²) in [6.07, 6.45) is 2.03. The Labute approximate surface area is 226 Å². The molecule has 0 radical (unpaired) electrons. The van der Waals surface area contributed by atoms with Crippen molar-refractivity contribution in [3.63, 3.8) is 0 Å². The summed E-state index contributed by atoms with van der Waals surface area (Å²) in [5.74, 6) is 2.30. The first-order valence-corrected chi connectivity index (χ1v) is 12.9. The molecule has 0 saturated heterocycles. The Morgan fingerprint density at radius 1 is 1.08 bits per heavy atom. The molecule has 11 heteroatoms. The summed E-state index contributed by atoms with van der Waals surface area (Å²) < 4.78 is 29.8. The predicted octanol–water partition coefficient (Wildman–Crippen LogP) is 5.83. The van der Waals surface area contributed by atoms with Gasteiger partial charge in [-0.25, -0.2) is 9.50 Å². The number of fused-ring (bicyclic) bond motifs is 2. The van der Waals surface area contributed by atoms with Crippen LogP contribution in [0.4, 0.5) is 0 Å². The first-order chi connectivity index (χ1) is 18.9. The lowest BCUT2D eigenvalue weighted by atomic mass is 10.0. The van der Waals surface area contributed by atoms with Crippen LogP contribution in [0.2, 0.25) is 0 Å². The molecule has 6 aromatic rings. The largest absolute Gasteiger partial charge is 0.496 e. The zero-order valence-electron chi connectivity index (χ0n) is 21.7. The number of rotatable bonds is 9. The number of hydrogen-bond donors (Lipinski definition) is 0. The standard InChI is InChI=1S/C28H24N4O6S/c1-15-26(16(2)38-31-15)22(33)9-17-6-5-7-18(8-17)14-36-23-10-19(34-3)11-24-20(23)12-25(37-24)21-13-32-27(29-21)39-28(30-32)35-4/h5-8,10-13H,9,14H2,1-4H3. The van der Waals surface area contributed by atoms with Gasteiger partial charge >= 0.3 is 0 Å². The van der Waals surface area contributed by atoms with Gasteiger partial charge in [0.15, 0.2) is 11.5 Å². The van der Waals surface area contributed by atoms with Crippen molar-refractivity contribution >= 4 is 33.1 Å². The normalized spacial score (nSPS) is 11.4. The Hall–Kier alpha value is -4.64. The fourth-order valence-corrected chi connectivity index (χ4v) is 5.17. The van der Waals surface area contributed by atoms with E-state index in [4.69, 9.17) is 23.2 Å². The summed E-state index contributed by atoms with van der Waals surface area (Å²) in [6.45, 7) is 3.81. The van der Waals surface area contributed by atoms with Crippen molar-refractivity contribution in [3.05, 3.63) is 76.8 Å². The number of furan rings is 1. The number of ketones is 1. The van der Waals surface area contributed by atoms with Gasteiger partial charge in [0.1, 0.15) is 35.1 Å². The van der Waals surface area contributed by atoms with Gasteiger partial charge in [0.2, 0.25) is 4.96 Å². The van der Waals surface area contributed by atoms with Gasteiger partial charge in [-0.15, -0.1) is 5.10 Å². The zero-order chi connectivity index (χ0) is 27.1. The molecule has 0 fully saturated rings. The van der Waals surface area contributed by atoms with Crippen LogP contribution < -0.4 is 14.2 Å². The number of nitrogens with zero attached hydrogens (tertiary/aromatic N) is 4. The number of benzene rings is 2. The summed E-state index contributed by atoms with van der Waals surface area (Å²) >= 11 is 1.34. The van der Waals surface area contributed by atoms with Crippen LogP contribution in [0.1, 0.15) is 32.9 Å². The molecule has 2 aromatic carbocycles. The fraction of sp³-hybridized carbons (Fsp3) is 0.214. The Morgan fingerprint density at radius 3 is 2.67 bits per heavy atom. The number of aromatic nitrogens is 4. The van der Waals surface area contributed by atoms with Gasteiger partial charge in [0.25, 0.3) is 5.19 Å². The maximum Gasteiger partial charge on any atom is 0.294 e. The number of imidazole rings is 1. The van der Waals surface area contributed by atoms with Crippen LogP contribution in [-0.4, -0.2) is 39.8 Å². The number of carbonyl (C=O) groups excluding carboxylic acids is 1. The van der Waals surface area contributed by atoms with Crippen molar-refractivity contribution in [2.75, 3.05) is 14.2 Å². The Kier molecular flexibility index (Phi) is 6.27. The monoisotopic (exact) mass is 544 g/mol. The number of hydrogen-bond acceptors (Lipinski definition) is 10. The second-order valence-corrected chi connectivity index (χ2v) is 9.90. The van der Waals surface area contributed by atoms with Gasteiger partial charge in [-0.1, -0.05) is 29.4 Å². The number of Topliss-reactive ketones (excluding diaryl/α,β-unsaturated/α-hetero) is 1. The van der Waals surface area contributed by atoms with Crippen LogP contribution in [0.5, 0.6) is 16.7 Å². The average Bonchev–Trinajstić information content (AvgIpc) is 3.69. The quantitative estimate of drug-likeness (QED) is 0.207. The van der Waals surface area contributed by atoms with E-state index in [1.807, 2.05) is 42.5 Å². The molecule has 198 valence electrons. The van der Waals surface area contributed by atoms with E-state index in [0.717, 1.165) is 16.5 Å². The lowest BCUT2D eigenvalue weighted by Gasteiger charge is -2.10. The topological polar surface area (TPSA) is 114 Å². The van der Waals surface area contributed by atoms with Crippen molar-refractivity contribution < 1.29 is 27.9 Å². The van der Waals surface area contributed by atoms with Gasteiger partial charge < -0.3 is 23.2 Å². The molecule has 0 atom stereocenters. The van der Waals surface area contributed by atoms with Crippen molar-refractivity contribution in [2.24, 2.45) is 0 Å². The minimum absolute atomic E-state index is 0.0301. The molecule has 0 aliphatic heterocycles. The van der Waals surface area contributed by atoms with Crippen molar-refractivity contribution in [3.8, 4) is 28.1 Å². The molecule has 0 aliphatic carbocycles. The van der Waals surface area contributed by atoms with Crippen LogP contribution in [0.15, 0.2) is 57.6 Å². The molecule has 0 unspecified atom stereocenters. The maximum atomic E-state index is 12.8. The summed E-state index contributed by atoms with van der Waals surface area (Å²) in [5.41, 5.74) is 4.21. The molecule has 10 nitrogen and oxygen atoms in total. The minimum Gasteiger partial charge on any atom is -0.496 e. The van der Waals surface area contributed by atoms with Crippen LogP contribution in [0, 0.1) is 13.8 Å². The third kappa shape index (κ3) is 4.72. The number of carbonyl (C=O) groups is 1. The van der Waals surface area contributed by atoms with E-state index in [9.17, 15) is 4.79 Å². The van der Waals surface area contributed by atoms with Crippen molar-refractivity contribution in [2.45, 2.75) is 26.9 Å². The Balaban J connectivity index is 1.24. The first-order valence-electron chi connectivity index (χ1n) is 12.1. The van der Waals surface area contributed by atoms with Gasteiger partial charge in [-0.2, -0.15) is 0 Å². The Bertz CT molecular complexity index is 1780. The highest BCUT2D eigenvalue weighted by molar-refractivity contribution is 7.18. The fourth-order valence-electron chi connectivity index (χ4n) is 4.47. The molecule has 0 aliphatic rings. The van der Waals surface area contributed by atoms with E-state index in [0.29, 0.717) is 62.3 Å². The third-order valence-electron chi connectivity index (χ3n) is 6.32. The highest BCUT2D eigenvalue weighted by Crippen LogP contribution is 2.37. The van der Waals surface area contributed by atoms with Gasteiger partial charge in [-0.05, 0) is 42.4 Å². The molecule has 6 rings (SSSR count). The van der Waals surface area contributed by atoms with Crippen LogP contribution in [-0.2, 0) is 13.0 Å². The van der Waals surface area contributed by atoms with Crippen LogP contribution in [0.3, 0.4) is 0 Å². The highest BCUT2D eigenvalue weighted by atomic mass is 32.1. The lowest BCUT2D eigenvalue weighted by Crippen LogP contribution is -2.06. The highest BCUT2D eigenvalue weighted by Gasteiger charge is 2.19. The molecule has 39 heavy (non-hydrogen) atoms. The first kappa shape index (κ1) is 24.7. The molecule has 4 heterocycles. The lowest BCUT2D eigenvalue weighted by molar-refractivity contribution is 0.0991. The number of ether oxygens (including phenoxy) is 3. The van der Waals surface area contributed by atoms with E-state index in [1.54, 1.807) is 38.8 Å². The summed E-state index contributed by atoms with van der Waals surface area (Å²) in [5, 5.41) is 9.53. The molecule has 0 bridgehead atoms. The van der Waals surface area contributed by atoms with E-state index >= 15 is 0 Å². The van der Waals surface area contributed by atoms with E-state index in [1.165, 1.54) is 11.3 Å². The molecule has 0 saturated carbocycles. The predicted molar refractivity (Wildman–Crippen MR) is 144 cm³/mol. The molecular formula is C28H24N4O6S. The third-order valence-corrected chi connectivity index (χ3v) is 7.21. The van der Waals surface area contributed by atoms with Crippen LogP contribution >= 0.6 is 11.3 Å². The molecule has 4 aromatic heterocycles. The average molecular weight is 545 g/mol. The van der Waals surface area contributed by atoms with Gasteiger partial charge in [0.05, 0.1) is 37.1 Å². The van der Waals surface area contributed by atoms with E-state index in [-0.39, 0.29) is 12.2 Å². The second kappa shape index (κ2) is 9.91. The van der Waals surface area contributed by atoms with Crippen LogP contribution in [0.25, 0.3) is 27.4 Å². The summed E-state index contributed by atoms with van der Waals surface area (Å²) in [7, 11) is 3.17. The summed E-state index contributed by atoms with van der Waals surface area (Å²) in [4.78, 5) is 18.2. The SMILES string of the molecule is COc1cc(OCc2cccc(CC(=O)c3c(C)noc3C)c2)c2cc(-c3cn4nc(OC)sc4n3)oc2c1. The molecule has 0 spiro atoms.